The second-order valence-electron chi connectivity index (χ2n) is 3.75. The van der Waals surface area contributed by atoms with Gasteiger partial charge in [0.25, 0.3) is 0 Å². The summed E-state index contributed by atoms with van der Waals surface area (Å²) in [7, 11) is 0. The zero-order valence-electron chi connectivity index (χ0n) is 9.05. The SMILES string of the molecule is CC(CN)c1cnc(-c2ccc(O)cc2)s1. The third-order valence-corrected chi connectivity index (χ3v) is 3.76. The zero-order chi connectivity index (χ0) is 11.5. The van der Waals surface area contributed by atoms with Crippen LogP contribution in [0, 0.1) is 0 Å². The van der Waals surface area contributed by atoms with Crippen molar-refractivity contribution < 1.29 is 5.11 Å². The van der Waals surface area contributed by atoms with E-state index in [-0.39, 0.29) is 5.75 Å². The van der Waals surface area contributed by atoms with E-state index in [2.05, 4.69) is 11.9 Å². The molecule has 0 bridgehead atoms. The van der Waals surface area contributed by atoms with Crippen molar-refractivity contribution >= 4 is 11.3 Å². The van der Waals surface area contributed by atoms with E-state index in [1.54, 1.807) is 23.5 Å². The van der Waals surface area contributed by atoms with Crippen molar-refractivity contribution in [3.63, 3.8) is 0 Å². The van der Waals surface area contributed by atoms with Crippen LogP contribution in [0.2, 0.25) is 0 Å². The summed E-state index contributed by atoms with van der Waals surface area (Å²) in [6, 6.07) is 7.07. The highest BCUT2D eigenvalue weighted by molar-refractivity contribution is 7.15. The molecule has 0 aliphatic carbocycles. The normalized spacial score (nSPS) is 12.6. The van der Waals surface area contributed by atoms with Crippen molar-refractivity contribution in [1.29, 1.82) is 0 Å². The lowest BCUT2D eigenvalue weighted by molar-refractivity contribution is 0.475. The van der Waals surface area contributed by atoms with Gasteiger partial charge in [0.1, 0.15) is 10.8 Å². The molecule has 3 N–H and O–H groups in total. The topological polar surface area (TPSA) is 59.1 Å². The Balaban J connectivity index is 2.28. The average molecular weight is 234 g/mol. The van der Waals surface area contributed by atoms with E-state index < -0.39 is 0 Å². The highest BCUT2D eigenvalue weighted by Crippen LogP contribution is 2.29. The average Bonchev–Trinajstić information content (AvgIpc) is 2.78. The summed E-state index contributed by atoms with van der Waals surface area (Å²) in [5.74, 6) is 0.624. The van der Waals surface area contributed by atoms with Gasteiger partial charge in [-0.3, -0.25) is 0 Å². The van der Waals surface area contributed by atoms with Gasteiger partial charge >= 0.3 is 0 Å². The van der Waals surface area contributed by atoms with E-state index in [0.717, 1.165) is 10.6 Å². The molecule has 2 rings (SSSR count). The lowest BCUT2D eigenvalue weighted by Gasteiger charge is -2.02. The van der Waals surface area contributed by atoms with Crippen LogP contribution >= 0.6 is 11.3 Å². The molecule has 1 atom stereocenters. The molecule has 0 aliphatic heterocycles. The Kier molecular flexibility index (Phi) is 3.22. The largest absolute Gasteiger partial charge is 0.508 e. The lowest BCUT2D eigenvalue weighted by atomic mass is 10.2. The maximum atomic E-state index is 9.20. The molecule has 4 heteroatoms. The van der Waals surface area contributed by atoms with Crippen LogP contribution in [-0.2, 0) is 0 Å². The molecule has 0 saturated heterocycles. The summed E-state index contributed by atoms with van der Waals surface area (Å²) < 4.78 is 0. The first-order chi connectivity index (χ1) is 7.70. The summed E-state index contributed by atoms with van der Waals surface area (Å²) in [5.41, 5.74) is 6.64. The van der Waals surface area contributed by atoms with Crippen molar-refractivity contribution in [2.24, 2.45) is 5.73 Å². The first-order valence-corrected chi connectivity index (χ1v) is 5.97. The van der Waals surface area contributed by atoms with E-state index >= 15 is 0 Å². The first-order valence-electron chi connectivity index (χ1n) is 5.16. The van der Waals surface area contributed by atoms with Gasteiger partial charge < -0.3 is 10.8 Å². The van der Waals surface area contributed by atoms with Gasteiger partial charge in [-0.2, -0.15) is 0 Å². The number of rotatable bonds is 3. The highest BCUT2D eigenvalue weighted by Gasteiger charge is 2.09. The molecule has 0 amide bonds. The van der Waals surface area contributed by atoms with Crippen LogP contribution in [0.3, 0.4) is 0 Å². The molecule has 84 valence electrons. The van der Waals surface area contributed by atoms with Crippen LogP contribution in [0.25, 0.3) is 10.6 Å². The summed E-state index contributed by atoms with van der Waals surface area (Å²) in [6.07, 6.45) is 1.88. The second-order valence-corrected chi connectivity index (χ2v) is 4.81. The van der Waals surface area contributed by atoms with Crippen molar-refractivity contribution in [3.05, 3.63) is 35.3 Å². The fraction of sp³-hybridized carbons (Fsp3) is 0.250. The molecule has 1 aromatic heterocycles. The number of thiazole rings is 1. The van der Waals surface area contributed by atoms with E-state index in [4.69, 9.17) is 5.73 Å². The van der Waals surface area contributed by atoms with Crippen molar-refractivity contribution in [2.45, 2.75) is 12.8 Å². The van der Waals surface area contributed by atoms with Crippen LogP contribution in [0.4, 0.5) is 0 Å². The van der Waals surface area contributed by atoms with E-state index in [9.17, 15) is 5.11 Å². The van der Waals surface area contributed by atoms with Crippen molar-refractivity contribution in [2.75, 3.05) is 6.54 Å². The molecule has 0 saturated carbocycles. The number of hydrogen-bond donors (Lipinski definition) is 2. The maximum Gasteiger partial charge on any atom is 0.123 e. The second kappa shape index (κ2) is 4.63. The quantitative estimate of drug-likeness (QED) is 0.858. The van der Waals surface area contributed by atoms with Gasteiger partial charge in [0.15, 0.2) is 0 Å². The Morgan fingerprint density at radius 3 is 2.69 bits per heavy atom. The number of aromatic hydroxyl groups is 1. The number of phenolic OH excluding ortho intramolecular Hbond substituents is 1. The summed E-state index contributed by atoms with van der Waals surface area (Å²) in [5, 5.41) is 10.2. The van der Waals surface area contributed by atoms with Gasteiger partial charge in [-0.15, -0.1) is 11.3 Å². The molecular formula is C12H14N2OS. The molecule has 1 aromatic carbocycles. The Morgan fingerprint density at radius 1 is 1.38 bits per heavy atom. The molecule has 0 fully saturated rings. The Bertz CT molecular complexity index is 464. The molecule has 1 heterocycles. The zero-order valence-corrected chi connectivity index (χ0v) is 9.87. The molecule has 1 unspecified atom stereocenters. The fourth-order valence-electron chi connectivity index (χ4n) is 1.37. The molecule has 0 spiro atoms. The van der Waals surface area contributed by atoms with Gasteiger partial charge in [-0.25, -0.2) is 4.98 Å². The van der Waals surface area contributed by atoms with Crippen LogP contribution in [0.15, 0.2) is 30.5 Å². The predicted octanol–water partition coefficient (Wildman–Crippen LogP) is 2.58. The van der Waals surface area contributed by atoms with Gasteiger partial charge in [0, 0.05) is 22.6 Å². The summed E-state index contributed by atoms with van der Waals surface area (Å²) in [4.78, 5) is 5.57. The maximum absolute atomic E-state index is 9.20. The lowest BCUT2D eigenvalue weighted by Crippen LogP contribution is -2.07. The van der Waals surface area contributed by atoms with Crippen molar-refractivity contribution in [1.82, 2.24) is 4.98 Å². The molecular weight excluding hydrogens is 220 g/mol. The minimum absolute atomic E-state index is 0.274. The summed E-state index contributed by atoms with van der Waals surface area (Å²) >= 11 is 1.65. The van der Waals surface area contributed by atoms with Gasteiger partial charge in [0.2, 0.25) is 0 Å². The number of nitrogens with two attached hydrogens (primary N) is 1. The number of benzene rings is 1. The standard InChI is InChI=1S/C12H14N2OS/c1-8(6-13)11-7-14-12(16-11)9-2-4-10(15)5-3-9/h2-5,7-8,15H,6,13H2,1H3. The minimum Gasteiger partial charge on any atom is -0.508 e. The van der Waals surface area contributed by atoms with Gasteiger partial charge in [-0.05, 0) is 30.8 Å². The Hall–Kier alpha value is -1.39. The van der Waals surface area contributed by atoms with Crippen molar-refractivity contribution in [3.8, 4) is 16.3 Å². The van der Waals surface area contributed by atoms with E-state index in [1.807, 2.05) is 18.3 Å². The number of hydrogen-bond acceptors (Lipinski definition) is 4. The minimum atomic E-state index is 0.274. The molecule has 3 nitrogen and oxygen atoms in total. The van der Waals surface area contributed by atoms with Gasteiger partial charge in [-0.1, -0.05) is 6.92 Å². The smallest absolute Gasteiger partial charge is 0.123 e. The van der Waals surface area contributed by atoms with Crippen LogP contribution in [0.1, 0.15) is 17.7 Å². The molecule has 0 radical (unpaired) electrons. The molecule has 2 aromatic rings. The van der Waals surface area contributed by atoms with Crippen LogP contribution < -0.4 is 5.73 Å². The number of nitrogens with zero attached hydrogens (tertiary/aromatic N) is 1. The van der Waals surface area contributed by atoms with Crippen LogP contribution in [0.5, 0.6) is 5.75 Å². The third-order valence-electron chi connectivity index (χ3n) is 2.48. The predicted molar refractivity (Wildman–Crippen MR) is 66.7 cm³/mol. The number of phenols is 1. The van der Waals surface area contributed by atoms with E-state index in [1.165, 1.54) is 4.88 Å². The highest BCUT2D eigenvalue weighted by atomic mass is 32.1. The number of aromatic nitrogens is 1. The summed E-state index contributed by atoms with van der Waals surface area (Å²) in [6.45, 7) is 2.73. The van der Waals surface area contributed by atoms with Gasteiger partial charge in [0.05, 0.1) is 0 Å². The van der Waals surface area contributed by atoms with Crippen LogP contribution in [-0.4, -0.2) is 16.6 Å². The first kappa shape index (κ1) is 11.1. The third kappa shape index (κ3) is 2.23. The Labute approximate surface area is 98.6 Å². The fourth-order valence-corrected chi connectivity index (χ4v) is 2.35. The molecule has 0 aliphatic rings. The Morgan fingerprint density at radius 2 is 2.06 bits per heavy atom. The van der Waals surface area contributed by atoms with E-state index in [0.29, 0.717) is 12.5 Å². The monoisotopic (exact) mass is 234 g/mol. The molecule has 16 heavy (non-hydrogen) atoms.